The van der Waals surface area contributed by atoms with E-state index in [4.69, 9.17) is 12.2 Å². The summed E-state index contributed by atoms with van der Waals surface area (Å²) in [6.07, 6.45) is 4.71. The van der Waals surface area contributed by atoms with Crippen LogP contribution in [-0.4, -0.2) is 25.9 Å². The largest absolute Gasteiger partial charge is 0.494 e. The fourth-order valence-electron chi connectivity index (χ4n) is 2.69. The monoisotopic (exact) mass is 366 g/mol. The zero-order valence-electron chi connectivity index (χ0n) is 13.2. The molecule has 2 N–H and O–H groups in total. The summed E-state index contributed by atoms with van der Waals surface area (Å²) in [5.41, 5.74) is 1.29. The maximum atomic E-state index is 13.2. The van der Waals surface area contributed by atoms with E-state index in [2.05, 4.69) is 15.0 Å². The van der Waals surface area contributed by atoms with E-state index in [1.165, 1.54) is 34.9 Å². The predicted molar refractivity (Wildman–Crippen MR) is 99.1 cm³/mol. The normalized spacial score (nSPS) is 14.0. The summed E-state index contributed by atoms with van der Waals surface area (Å²) in [6, 6.07) is 8.97. The zero-order valence-corrected chi connectivity index (χ0v) is 14.0. The van der Waals surface area contributed by atoms with Crippen LogP contribution in [0.3, 0.4) is 0 Å². The average molecular weight is 366 g/mol. The van der Waals surface area contributed by atoms with Crippen molar-refractivity contribution in [3.05, 3.63) is 74.7 Å². The first-order valence-corrected chi connectivity index (χ1v) is 8.01. The number of benzene rings is 1. The number of halogens is 1. The molecule has 1 aromatic carbocycles. The Kier molecular flexibility index (Phi) is 3.81. The van der Waals surface area contributed by atoms with Crippen LogP contribution in [0, 0.1) is 10.6 Å². The number of allylic oxidation sites excluding steroid dienone is 1. The van der Waals surface area contributed by atoms with E-state index in [9.17, 15) is 14.3 Å². The molecule has 0 fully saturated rings. The minimum absolute atomic E-state index is 0.00316. The lowest BCUT2D eigenvalue weighted by Crippen LogP contribution is -2.16. The average Bonchev–Trinajstić information content (AvgIpc) is 3.03. The topological polar surface area (TPSA) is 83.3 Å². The number of nitrogens with zero attached hydrogens (tertiary/aromatic N) is 3. The van der Waals surface area contributed by atoms with E-state index in [0.29, 0.717) is 17.1 Å². The number of fused-ring (bicyclic) bond motifs is 1. The number of aliphatic imine (C=N–C) groups is 1. The van der Waals surface area contributed by atoms with Gasteiger partial charge >= 0.3 is 0 Å². The molecule has 0 radical (unpaired) electrons. The van der Waals surface area contributed by atoms with E-state index >= 15 is 0 Å². The van der Waals surface area contributed by atoms with Crippen molar-refractivity contribution in [2.45, 2.75) is 0 Å². The molecule has 26 heavy (non-hydrogen) atoms. The van der Waals surface area contributed by atoms with Crippen molar-refractivity contribution < 1.29 is 9.50 Å². The van der Waals surface area contributed by atoms with Crippen molar-refractivity contribution in [1.29, 1.82) is 0 Å². The Morgan fingerprint density at radius 3 is 2.77 bits per heavy atom. The summed E-state index contributed by atoms with van der Waals surface area (Å²) in [7, 11) is 0. The molecule has 0 atom stereocenters. The molecule has 0 saturated heterocycles. The van der Waals surface area contributed by atoms with Gasteiger partial charge in [0.25, 0.3) is 5.56 Å². The summed E-state index contributed by atoms with van der Waals surface area (Å²) < 4.78 is 14.4. The summed E-state index contributed by atoms with van der Waals surface area (Å²) in [4.78, 5) is 23.2. The van der Waals surface area contributed by atoms with Gasteiger partial charge in [-0.3, -0.25) is 14.3 Å². The van der Waals surface area contributed by atoms with Crippen LogP contribution >= 0.6 is 12.2 Å². The van der Waals surface area contributed by atoms with E-state index in [1.807, 2.05) is 6.07 Å². The molecule has 1 aliphatic rings. The molecule has 8 heteroatoms. The van der Waals surface area contributed by atoms with E-state index in [-0.39, 0.29) is 16.2 Å². The number of aromatic nitrogens is 3. The molecule has 6 nitrogen and oxygen atoms in total. The van der Waals surface area contributed by atoms with Crippen molar-refractivity contribution in [2.75, 3.05) is 0 Å². The van der Waals surface area contributed by atoms with Crippen molar-refractivity contribution in [3.63, 3.8) is 0 Å². The number of aromatic amines is 1. The SMILES string of the molecule is O=c1[nH]c(=S)n(-c2ccc(F)cc2)c(O)c1/C=C1/C=Nc2ncccc21. The van der Waals surface area contributed by atoms with Crippen LogP contribution in [0.4, 0.5) is 10.2 Å². The second kappa shape index (κ2) is 6.16. The van der Waals surface area contributed by atoms with Gasteiger partial charge in [0.15, 0.2) is 10.6 Å². The Bertz CT molecular complexity index is 1190. The maximum Gasteiger partial charge on any atom is 0.262 e. The number of hydrogen-bond donors (Lipinski definition) is 2. The molecule has 0 amide bonds. The molecule has 0 bridgehead atoms. The molecule has 128 valence electrons. The third-order valence-electron chi connectivity index (χ3n) is 3.93. The smallest absolute Gasteiger partial charge is 0.262 e. The van der Waals surface area contributed by atoms with Gasteiger partial charge in [-0.2, -0.15) is 0 Å². The highest BCUT2D eigenvalue weighted by Gasteiger charge is 2.17. The Morgan fingerprint density at radius 1 is 1.23 bits per heavy atom. The highest BCUT2D eigenvalue weighted by molar-refractivity contribution is 7.71. The second-order valence-electron chi connectivity index (χ2n) is 5.54. The second-order valence-corrected chi connectivity index (χ2v) is 5.93. The lowest BCUT2D eigenvalue weighted by molar-refractivity contribution is 0.432. The van der Waals surface area contributed by atoms with Crippen LogP contribution in [0.1, 0.15) is 11.1 Å². The first-order chi connectivity index (χ1) is 12.5. The molecule has 4 rings (SSSR count). The van der Waals surface area contributed by atoms with Gasteiger partial charge in [-0.15, -0.1) is 0 Å². The molecule has 0 unspecified atom stereocenters. The Hall–Kier alpha value is -3.39. The lowest BCUT2D eigenvalue weighted by Gasteiger charge is -2.11. The van der Waals surface area contributed by atoms with E-state index < -0.39 is 11.4 Å². The summed E-state index contributed by atoms with van der Waals surface area (Å²) in [5.74, 6) is -0.220. The predicted octanol–water partition coefficient (Wildman–Crippen LogP) is 3.39. The van der Waals surface area contributed by atoms with Gasteiger partial charge in [0.2, 0.25) is 5.88 Å². The third kappa shape index (κ3) is 2.66. The molecule has 3 aromatic rings. The number of aromatic hydroxyl groups is 1. The third-order valence-corrected chi connectivity index (χ3v) is 4.21. The van der Waals surface area contributed by atoms with Gasteiger partial charge in [0.05, 0.1) is 5.69 Å². The van der Waals surface area contributed by atoms with Crippen molar-refractivity contribution in [2.24, 2.45) is 4.99 Å². The van der Waals surface area contributed by atoms with Gasteiger partial charge in [0, 0.05) is 23.5 Å². The van der Waals surface area contributed by atoms with Crippen LogP contribution in [0.15, 0.2) is 52.4 Å². The summed E-state index contributed by atoms with van der Waals surface area (Å²) in [6.45, 7) is 0. The van der Waals surface area contributed by atoms with Crippen LogP contribution in [0.5, 0.6) is 5.88 Å². The molecular formula is C18H11FN4O2S. The number of H-pyrrole nitrogens is 1. The van der Waals surface area contributed by atoms with Crippen LogP contribution in [0.25, 0.3) is 17.3 Å². The molecule has 0 aliphatic carbocycles. The number of nitrogens with one attached hydrogen (secondary N) is 1. The highest BCUT2D eigenvalue weighted by Crippen LogP contribution is 2.31. The minimum atomic E-state index is -0.538. The van der Waals surface area contributed by atoms with Crippen LogP contribution < -0.4 is 5.56 Å². The molecule has 1 aliphatic heterocycles. The quantitative estimate of drug-likeness (QED) is 0.681. The van der Waals surface area contributed by atoms with Crippen molar-refractivity contribution in [1.82, 2.24) is 14.5 Å². The standard InChI is InChI=1S/C18H11FN4O2S/c19-11-3-5-12(6-4-11)23-17(25)14(16(24)22-18(23)26)8-10-9-21-15-13(10)2-1-7-20-15/h1-9,25H,(H,22,24,26)/b10-8-. The maximum absolute atomic E-state index is 13.2. The summed E-state index contributed by atoms with van der Waals surface area (Å²) in [5, 5.41) is 10.7. The highest BCUT2D eigenvalue weighted by atomic mass is 32.1. The number of rotatable bonds is 2. The van der Waals surface area contributed by atoms with Crippen LogP contribution in [0.2, 0.25) is 0 Å². The fourth-order valence-corrected chi connectivity index (χ4v) is 2.98. The van der Waals surface area contributed by atoms with E-state index in [1.54, 1.807) is 18.5 Å². The first-order valence-electron chi connectivity index (χ1n) is 7.60. The fraction of sp³-hybridized carbons (Fsp3) is 0. The first kappa shape index (κ1) is 16.1. The minimum Gasteiger partial charge on any atom is -0.494 e. The van der Waals surface area contributed by atoms with E-state index in [0.717, 1.165) is 5.56 Å². The Labute approximate surface area is 151 Å². The summed E-state index contributed by atoms with van der Waals surface area (Å²) >= 11 is 5.14. The Morgan fingerprint density at radius 2 is 2.00 bits per heavy atom. The van der Waals surface area contributed by atoms with Gasteiger partial charge in [-0.1, -0.05) is 0 Å². The molecule has 0 spiro atoms. The Balaban J connectivity index is 1.91. The van der Waals surface area contributed by atoms with Gasteiger partial charge in [-0.05, 0) is 54.7 Å². The van der Waals surface area contributed by atoms with Crippen LogP contribution in [-0.2, 0) is 0 Å². The lowest BCUT2D eigenvalue weighted by atomic mass is 10.1. The molecule has 3 heterocycles. The molecule has 0 saturated carbocycles. The van der Waals surface area contributed by atoms with Crippen molar-refractivity contribution >= 4 is 35.9 Å². The van der Waals surface area contributed by atoms with Gasteiger partial charge < -0.3 is 5.11 Å². The number of hydrogen-bond acceptors (Lipinski definition) is 5. The molecular weight excluding hydrogens is 355 g/mol. The van der Waals surface area contributed by atoms with Gasteiger partial charge in [-0.25, -0.2) is 14.4 Å². The number of pyridine rings is 1. The van der Waals surface area contributed by atoms with Crippen molar-refractivity contribution in [3.8, 4) is 11.6 Å². The van der Waals surface area contributed by atoms with Gasteiger partial charge in [0.1, 0.15) is 11.4 Å². The zero-order chi connectivity index (χ0) is 18.3. The molecule has 2 aromatic heterocycles.